The number of hydrogen-bond acceptors (Lipinski definition) is 1. The van der Waals surface area contributed by atoms with Gasteiger partial charge in [-0.1, -0.05) is 19.9 Å². The minimum absolute atomic E-state index is 0.641. The molecule has 0 saturated carbocycles. The van der Waals surface area contributed by atoms with Gasteiger partial charge in [-0.2, -0.15) is 0 Å². The molecule has 0 radical (unpaired) electrons. The van der Waals surface area contributed by atoms with E-state index in [-0.39, 0.29) is 0 Å². The van der Waals surface area contributed by atoms with Crippen molar-refractivity contribution < 1.29 is 0 Å². The summed E-state index contributed by atoms with van der Waals surface area (Å²) in [6.45, 7) is 6.52. The Morgan fingerprint density at radius 3 is 2.73 bits per heavy atom. The zero-order valence-corrected chi connectivity index (χ0v) is 7.46. The smallest absolute Gasteiger partial charge is 0.0302 e. The van der Waals surface area contributed by atoms with E-state index in [1.807, 2.05) is 12.4 Å². The molecular weight excluding hydrogens is 134 g/mol. The van der Waals surface area contributed by atoms with E-state index in [4.69, 9.17) is 0 Å². The lowest BCUT2D eigenvalue weighted by molar-refractivity contribution is 0.728. The fourth-order valence-electron chi connectivity index (χ4n) is 1.08. The van der Waals surface area contributed by atoms with Crippen LogP contribution < -0.4 is 0 Å². The second-order valence-corrected chi connectivity index (χ2v) is 3.10. The summed E-state index contributed by atoms with van der Waals surface area (Å²) in [4.78, 5) is 4.15. The van der Waals surface area contributed by atoms with Crippen LogP contribution in [0.2, 0.25) is 0 Å². The van der Waals surface area contributed by atoms with Crippen LogP contribution in [0.25, 0.3) is 0 Å². The lowest BCUT2D eigenvalue weighted by atomic mass is 10.00. The average Bonchev–Trinajstić information content (AvgIpc) is 2.03. The van der Waals surface area contributed by atoms with Crippen molar-refractivity contribution in [3.05, 3.63) is 29.6 Å². The summed E-state index contributed by atoms with van der Waals surface area (Å²) in [6, 6.07) is 2.21. The molecule has 0 N–H and O–H groups in total. The Kier molecular flexibility index (Phi) is 2.64. The predicted octanol–water partition coefficient (Wildman–Crippen LogP) is 2.90. The molecule has 1 nitrogen and oxygen atoms in total. The Morgan fingerprint density at radius 1 is 1.45 bits per heavy atom. The van der Waals surface area contributed by atoms with Crippen molar-refractivity contribution in [3.8, 4) is 0 Å². The highest BCUT2D eigenvalue weighted by molar-refractivity contribution is 5.19. The van der Waals surface area contributed by atoms with Gasteiger partial charge in [0.15, 0.2) is 0 Å². The molecule has 0 fully saturated rings. The van der Waals surface area contributed by atoms with Gasteiger partial charge in [-0.05, 0) is 30.4 Å². The highest BCUT2D eigenvalue weighted by Gasteiger charge is 2.01. The van der Waals surface area contributed by atoms with Crippen molar-refractivity contribution in [2.75, 3.05) is 0 Å². The fraction of sp³-hybridized carbons (Fsp3) is 0.500. The van der Waals surface area contributed by atoms with Gasteiger partial charge in [0.25, 0.3) is 0 Å². The third-order valence-electron chi connectivity index (χ3n) is 2.08. The van der Waals surface area contributed by atoms with Crippen LogP contribution in [-0.2, 0) is 0 Å². The first-order chi connectivity index (χ1) is 5.24. The van der Waals surface area contributed by atoms with E-state index >= 15 is 0 Å². The molecular formula is C10H15N. The zero-order valence-electron chi connectivity index (χ0n) is 7.46. The summed E-state index contributed by atoms with van der Waals surface area (Å²) in [5.74, 6) is 0.641. The van der Waals surface area contributed by atoms with Crippen LogP contribution in [0.5, 0.6) is 0 Å². The number of hydrogen-bond donors (Lipinski definition) is 0. The van der Waals surface area contributed by atoms with Crippen LogP contribution >= 0.6 is 0 Å². The molecule has 0 aromatic carbocycles. The van der Waals surface area contributed by atoms with Gasteiger partial charge in [-0.15, -0.1) is 0 Å². The maximum absolute atomic E-state index is 4.15. The lowest BCUT2D eigenvalue weighted by Gasteiger charge is -2.07. The van der Waals surface area contributed by atoms with Gasteiger partial charge in [-0.25, -0.2) is 0 Å². The Hall–Kier alpha value is -0.850. The molecule has 1 rings (SSSR count). The Bertz CT molecular complexity index is 230. The van der Waals surface area contributed by atoms with Gasteiger partial charge < -0.3 is 0 Å². The van der Waals surface area contributed by atoms with Gasteiger partial charge >= 0.3 is 0 Å². The van der Waals surface area contributed by atoms with Gasteiger partial charge in [-0.3, -0.25) is 4.98 Å². The second-order valence-electron chi connectivity index (χ2n) is 3.10. The van der Waals surface area contributed by atoms with E-state index in [1.165, 1.54) is 17.5 Å². The minimum Gasteiger partial charge on any atom is -0.264 e. The molecule has 0 aliphatic rings. The number of pyridine rings is 1. The van der Waals surface area contributed by atoms with Crippen molar-refractivity contribution >= 4 is 0 Å². The summed E-state index contributed by atoms with van der Waals surface area (Å²) in [6.07, 6.45) is 5.04. The van der Waals surface area contributed by atoms with Crippen LogP contribution in [0.15, 0.2) is 18.5 Å². The highest BCUT2D eigenvalue weighted by Crippen LogP contribution is 2.17. The molecule has 60 valence electrons. The molecule has 1 aromatic rings. The quantitative estimate of drug-likeness (QED) is 0.630. The first kappa shape index (κ1) is 8.25. The first-order valence-corrected chi connectivity index (χ1v) is 4.15. The average molecular weight is 149 g/mol. The van der Waals surface area contributed by atoms with Crippen LogP contribution in [0.1, 0.15) is 37.3 Å². The summed E-state index contributed by atoms with van der Waals surface area (Å²) in [5.41, 5.74) is 2.61. The van der Waals surface area contributed by atoms with Gasteiger partial charge in [0, 0.05) is 12.4 Å². The molecule has 1 unspecified atom stereocenters. The summed E-state index contributed by atoms with van der Waals surface area (Å²) in [5, 5.41) is 0. The largest absolute Gasteiger partial charge is 0.264 e. The maximum atomic E-state index is 4.15. The van der Waals surface area contributed by atoms with E-state index in [0.717, 1.165) is 0 Å². The standard InChI is InChI=1S/C10H15N/c1-4-9(3)10-5-8(2)6-11-7-10/h5-7,9H,4H2,1-3H3. The number of aromatic nitrogens is 1. The van der Waals surface area contributed by atoms with E-state index < -0.39 is 0 Å². The Labute approximate surface area is 68.5 Å². The first-order valence-electron chi connectivity index (χ1n) is 4.15. The van der Waals surface area contributed by atoms with E-state index in [0.29, 0.717) is 5.92 Å². The van der Waals surface area contributed by atoms with Crippen LogP contribution in [0.4, 0.5) is 0 Å². The van der Waals surface area contributed by atoms with Crippen molar-refractivity contribution in [2.45, 2.75) is 33.1 Å². The van der Waals surface area contributed by atoms with Crippen molar-refractivity contribution in [1.82, 2.24) is 4.98 Å². The van der Waals surface area contributed by atoms with E-state index in [2.05, 4.69) is 31.8 Å². The minimum atomic E-state index is 0.641. The Morgan fingerprint density at radius 2 is 2.18 bits per heavy atom. The lowest BCUT2D eigenvalue weighted by Crippen LogP contribution is -1.92. The monoisotopic (exact) mass is 149 g/mol. The van der Waals surface area contributed by atoms with Gasteiger partial charge in [0.1, 0.15) is 0 Å². The molecule has 1 atom stereocenters. The molecule has 11 heavy (non-hydrogen) atoms. The fourth-order valence-corrected chi connectivity index (χ4v) is 1.08. The molecule has 0 amide bonds. The normalized spacial score (nSPS) is 13.0. The van der Waals surface area contributed by atoms with Crippen LogP contribution in [0.3, 0.4) is 0 Å². The van der Waals surface area contributed by atoms with E-state index in [1.54, 1.807) is 0 Å². The Balaban J connectivity index is 2.86. The van der Waals surface area contributed by atoms with Crippen molar-refractivity contribution in [3.63, 3.8) is 0 Å². The summed E-state index contributed by atoms with van der Waals surface area (Å²) < 4.78 is 0. The molecule has 1 heteroatoms. The third-order valence-corrected chi connectivity index (χ3v) is 2.08. The third kappa shape index (κ3) is 2.04. The maximum Gasteiger partial charge on any atom is 0.0302 e. The molecule has 1 aromatic heterocycles. The zero-order chi connectivity index (χ0) is 8.27. The number of nitrogens with zero attached hydrogens (tertiary/aromatic N) is 1. The number of aryl methyl sites for hydroxylation is 1. The van der Waals surface area contributed by atoms with Crippen LogP contribution in [-0.4, -0.2) is 4.98 Å². The van der Waals surface area contributed by atoms with Crippen molar-refractivity contribution in [1.29, 1.82) is 0 Å². The van der Waals surface area contributed by atoms with Crippen molar-refractivity contribution in [2.24, 2.45) is 0 Å². The molecule has 0 aliphatic heterocycles. The predicted molar refractivity (Wildman–Crippen MR) is 47.7 cm³/mol. The number of rotatable bonds is 2. The van der Waals surface area contributed by atoms with Gasteiger partial charge in [0.2, 0.25) is 0 Å². The highest BCUT2D eigenvalue weighted by atomic mass is 14.6. The van der Waals surface area contributed by atoms with E-state index in [9.17, 15) is 0 Å². The molecule has 1 heterocycles. The summed E-state index contributed by atoms with van der Waals surface area (Å²) in [7, 11) is 0. The SMILES string of the molecule is CCC(C)c1cncc(C)c1. The molecule has 0 saturated heterocycles. The molecule has 0 bridgehead atoms. The molecule has 0 aliphatic carbocycles. The second kappa shape index (κ2) is 3.51. The van der Waals surface area contributed by atoms with Gasteiger partial charge in [0.05, 0.1) is 0 Å². The van der Waals surface area contributed by atoms with Crippen LogP contribution in [0, 0.1) is 6.92 Å². The molecule has 0 spiro atoms. The summed E-state index contributed by atoms with van der Waals surface area (Å²) >= 11 is 0. The topological polar surface area (TPSA) is 12.9 Å².